The number of hydrogen-bond acceptors (Lipinski definition) is 1. The summed E-state index contributed by atoms with van der Waals surface area (Å²) in [6.45, 7) is 3.09. The molecule has 0 aromatic carbocycles. The van der Waals surface area contributed by atoms with Gasteiger partial charge in [-0.15, -0.1) is 0 Å². The molecule has 0 aliphatic heterocycles. The highest BCUT2D eigenvalue weighted by Gasteiger charge is 2.21. The smallest absolute Gasteiger partial charge is 0.223 e. The van der Waals surface area contributed by atoms with E-state index in [1.807, 2.05) is 0 Å². The normalized spacial score (nSPS) is 17.2. The number of nitrogens with one attached hydrogen (secondary N) is 1. The minimum atomic E-state index is 0.305. The average Bonchev–Trinajstić information content (AvgIpc) is 2.70. The molecular weight excluding hydrogens is 174 g/mol. The first kappa shape index (κ1) is 11.5. The number of rotatable bonds is 6. The van der Waals surface area contributed by atoms with Crippen LogP contribution < -0.4 is 5.32 Å². The third kappa shape index (κ3) is 4.12. The van der Waals surface area contributed by atoms with Gasteiger partial charge in [-0.2, -0.15) is 0 Å². The second-order valence-electron chi connectivity index (χ2n) is 4.33. The number of unbranched alkanes of at least 4 members (excludes halogenated alkanes) is 3. The Hall–Kier alpha value is -0.530. The van der Waals surface area contributed by atoms with Crippen LogP contribution in [0.5, 0.6) is 0 Å². The van der Waals surface area contributed by atoms with Gasteiger partial charge in [-0.05, 0) is 19.3 Å². The van der Waals surface area contributed by atoms with Crippen LogP contribution in [0.3, 0.4) is 0 Å². The van der Waals surface area contributed by atoms with Crippen LogP contribution in [0.15, 0.2) is 0 Å². The molecule has 0 aromatic rings. The monoisotopic (exact) mass is 197 g/mol. The molecule has 2 heteroatoms. The van der Waals surface area contributed by atoms with E-state index in [1.54, 1.807) is 0 Å². The summed E-state index contributed by atoms with van der Waals surface area (Å²) in [5.74, 6) is 0.639. The number of carbonyl (C=O) groups is 1. The van der Waals surface area contributed by atoms with E-state index in [1.165, 1.54) is 32.1 Å². The largest absolute Gasteiger partial charge is 0.356 e. The Bertz CT molecular complexity index is 162. The molecule has 82 valence electrons. The van der Waals surface area contributed by atoms with Gasteiger partial charge in [0.2, 0.25) is 5.91 Å². The maximum atomic E-state index is 11.6. The third-order valence-corrected chi connectivity index (χ3v) is 3.06. The fourth-order valence-corrected chi connectivity index (χ4v) is 2.10. The standard InChI is InChI=1S/C12H23NO/c1-2-3-4-7-10-13-12(14)11-8-5-6-9-11/h11H,2-10H2,1H3,(H,13,14). The molecule has 0 spiro atoms. The molecule has 0 aromatic heterocycles. The highest BCUT2D eigenvalue weighted by molar-refractivity contribution is 5.78. The Balaban J connectivity index is 1.97. The number of carbonyl (C=O) groups excluding carboxylic acids is 1. The van der Waals surface area contributed by atoms with Gasteiger partial charge in [0.25, 0.3) is 0 Å². The summed E-state index contributed by atoms with van der Waals surface area (Å²) in [6, 6.07) is 0. The van der Waals surface area contributed by atoms with E-state index in [2.05, 4.69) is 12.2 Å². The van der Waals surface area contributed by atoms with Crippen molar-refractivity contribution in [3.8, 4) is 0 Å². The fourth-order valence-electron chi connectivity index (χ4n) is 2.10. The average molecular weight is 197 g/mol. The predicted molar refractivity (Wildman–Crippen MR) is 59.1 cm³/mol. The zero-order valence-electron chi connectivity index (χ0n) is 9.35. The Labute approximate surface area is 87.5 Å². The second kappa shape index (κ2) is 6.86. The molecule has 2 nitrogen and oxygen atoms in total. The highest BCUT2D eigenvalue weighted by Crippen LogP contribution is 2.24. The van der Waals surface area contributed by atoms with Gasteiger partial charge in [0, 0.05) is 12.5 Å². The summed E-state index contributed by atoms with van der Waals surface area (Å²) < 4.78 is 0. The van der Waals surface area contributed by atoms with Gasteiger partial charge in [-0.1, -0.05) is 39.0 Å². The van der Waals surface area contributed by atoms with Gasteiger partial charge >= 0.3 is 0 Å². The second-order valence-corrected chi connectivity index (χ2v) is 4.33. The lowest BCUT2D eigenvalue weighted by atomic mass is 10.1. The Morgan fingerprint density at radius 2 is 1.93 bits per heavy atom. The zero-order chi connectivity index (χ0) is 10.2. The maximum Gasteiger partial charge on any atom is 0.223 e. The topological polar surface area (TPSA) is 29.1 Å². The van der Waals surface area contributed by atoms with Crippen molar-refractivity contribution in [3.05, 3.63) is 0 Å². The van der Waals surface area contributed by atoms with Crippen LogP contribution >= 0.6 is 0 Å². The van der Waals surface area contributed by atoms with Crippen LogP contribution in [0.1, 0.15) is 58.3 Å². The molecule has 1 amide bonds. The molecular formula is C12H23NO. The molecule has 1 rings (SSSR count). The van der Waals surface area contributed by atoms with Crippen molar-refractivity contribution < 1.29 is 4.79 Å². The Kier molecular flexibility index (Phi) is 5.65. The van der Waals surface area contributed by atoms with Crippen molar-refractivity contribution in [1.29, 1.82) is 0 Å². The van der Waals surface area contributed by atoms with Gasteiger partial charge in [0.05, 0.1) is 0 Å². The molecule has 0 saturated heterocycles. The van der Waals surface area contributed by atoms with E-state index in [9.17, 15) is 4.79 Å². The van der Waals surface area contributed by atoms with Gasteiger partial charge in [0.1, 0.15) is 0 Å². The number of hydrogen-bond donors (Lipinski definition) is 1. The van der Waals surface area contributed by atoms with Gasteiger partial charge < -0.3 is 5.32 Å². The quantitative estimate of drug-likeness (QED) is 0.652. The summed E-state index contributed by atoms with van der Waals surface area (Å²) in [4.78, 5) is 11.6. The van der Waals surface area contributed by atoms with E-state index in [0.717, 1.165) is 25.8 Å². The summed E-state index contributed by atoms with van der Waals surface area (Å²) in [5.41, 5.74) is 0. The predicted octanol–water partition coefficient (Wildman–Crippen LogP) is 2.87. The van der Waals surface area contributed by atoms with Gasteiger partial charge in [-0.3, -0.25) is 4.79 Å². The minimum Gasteiger partial charge on any atom is -0.356 e. The van der Waals surface area contributed by atoms with Crippen LogP contribution in [0.25, 0.3) is 0 Å². The van der Waals surface area contributed by atoms with Crippen molar-refractivity contribution in [2.75, 3.05) is 6.54 Å². The molecule has 1 saturated carbocycles. The number of amides is 1. The van der Waals surface area contributed by atoms with E-state index in [0.29, 0.717) is 11.8 Å². The van der Waals surface area contributed by atoms with E-state index in [-0.39, 0.29) is 0 Å². The first-order chi connectivity index (χ1) is 6.84. The van der Waals surface area contributed by atoms with Crippen LogP contribution in [0.4, 0.5) is 0 Å². The Morgan fingerprint density at radius 3 is 2.57 bits per heavy atom. The molecule has 0 radical (unpaired) electrons. The lowest BCUT2D eigenvalue weighted by Gasteiger charge is -2.09. The molecule has 0 heterocycles. The maximum absolute atomic E-state index is 11.6. The fraction of sp³-hybridized carbons (Fsp3) is 0.917. The molecule has 0 bridgehead atoms. The molecule has 0 unspecified atom stereocenters. The van der Waals surface area contributed by atoms with Gasteiger partial charge in [-0.25, -0.2) is 0 Å². The zero-order valence-corrected chi connectivity index (χ0v) is 9.35. The van der Waals surface area contributed by atoms with E-state index < -0.39 is 0 Å². The van der Waals surface area contributed by atoms with Crippen LogP contribution in [-0.4, -0.2) is 12.5 Å². The Morgan fingerprint density at radius 1 is 1.21 bits per heavy atom. The summed E-state index contributed by atoms with van der Waals surface area (Å²) in [7, 11) is 0. The van der Waals surface area contributed by atoms with Crippen LogP contribution in [0.2, 0.25) is 0 Å². The lowest BCUT2D eigenvalue weighted by Crippen LogP contribution is -2.30. The molecule has 14 heavy (non-hydrogen) atoms. The minimum absolute atomic E-state index is 0.305. The summed E-state index contributed by atoms with van der Waals surface area (Å²) >= 11 is 0. The molecule has 0 atom stereocenters. The van der Waals surface area contributed by atoms with Crippen molar-refractivity contribution in [1.82, 2.24) is 5.32 Å². The van der Waals surface area contributed by atoms with Crippen molar-refractivity contribution in [2.45, 2.75) is 58.3 Å². The SMILES string of the molecule is CCCCCCNC(=O)C1CCCC1. The van der Waals surface area contributed by atoms with Crippen LogP contribution in [0, 0.1) is 5.92 Å². The lowest BCUT2D eigenvalue weighted by molar-refractivity contribution is -0.124. The van der Waals surface area contributed by atoms with Crippen molar-refractivity contribution >= 4 is 5.91 Å². The van der Waals surface area contributed by atoms with Crippen molar-refractivity contribution in [2.24, 2.45) is 5.92 Å². The van der Waals surface area contributed by atoms with E-state index in [4.69, 9.17) is 0 Å². The van der Waals surface area contributed by atoms with Gasteiger partial charge in [0.15, 0.2) is 0 Å². The summed E-state index contributed by atoms with van der Waals surface area (Å²) in [6.07, 6.45) is 9.66. The van der Waals surface area contributed by atoms with E-state index >= 15 is 0 Å². The van der Waals surface area contributed by atoms with Crippen molar-refractivity contribution in [3.63, 3.8) is 0 Å². The molecule has 1 fully saturated rings. The third-order valence-electron chi connectivity index (χ3n) is 3.06. The molecule has 1 aliphatic rings. The first-order valence-electron chi connectivity index (χ1n) is 6.12. The molecule has 1 N–H and O–H groups in total. The van der Waals surface area contributed by atoms with Crippen LogP contribution in [-0.2, 0) is 4.79 Å². The highest BCUT2D eigenvalue weighted by atomic mass is 16.1. The summed E-state index contributed by atoms with van der Waals surface area (Å²) in [5, 5.41) is 3.04. The molecule has 1 aliphatic carbocycles. The first-order valence-corrected chi connectivity index (χ1v) is 6.12.